The van der Waals surface area contributed by atoms with Gasteiger partial charge in [0.2, 0.25) is 5.91 Å². The van der Waals surface area contributed by atoms with Crippen molar-refractivity contribution in [3.05, 3.63) is 42.5 Å². The van der Waals surface area contributed by atoms with Crippen LogP contribution in [0.25, 0.3) is 0 Å². The Hall–Kier alpha value is -2.72. The highest BCUT2D eigenvalue weighted by Crippen LogP contribution is 2.37. The van der Waals surface area contributed by atoms with Gasteiger partial charge in [0.25, 0.3) is 10.0 Å². The van der Waals surface area contributed by atoms with Gasteiger partial charge in [-0.25, -0.2) is 8.42 Å². The molecule has 0 radical (unpaired) electrons. The molecule has 1 heterocycles. The molecule has 0 bridgehead atoms. The fraction of sp³-hybridized carbons (Fsp3) is 0.263. The number of hydrogen-bond donors (Lipinski definition) is 1. The smallest absolute Gasteiger partial charge is 0.325 e. The maximum atomic E-state index is 12.8. The lowest BCUT2D eigenvalue weighted by molar-refractivity contribution is -0.139. The molecule has 0 unspecified atom stereocenters. The van der Waals surface area contributed by atoms with Crippen molar-refractivity contribution in [2.24, 2.45) is 0 Å². The van der Waals surface area contributed by atoms with Crippen molar-refractivity contribution < 1.29 is 27.5 Å². The first kappa shape index (κ1) is 21.0. The summed E-state index contributed by atoms with van der Waals surface area (Å²) >= 11 is 1.29. The molecule has 0 saturated heterocycles. The fourth-order valence-corrected chi connectivity index (χ4v) is 4.71. The van der Waals surface area contributed by atoms with Crippen molar-refractivity contribution >= 4 is 45.0 Å². The van der Waals surface area contributed by atoms with E-state index in [1.807, 2.05) is 6.92 Å². The number of nitrogens with one attached hydrogen (secondary N) is 1. The number of sulfonamides is 1. The lowest BCUT2D eigenvalue weighted by atomic mass is 10.2. The number of carbonyl (C=O) groups excluding carboxylic acids is 2. The van der Waals surface area contributed by atoms with Crippen LogP contribution in [0.4, 0.5) is 11.4 Å². The Morgan fingerprint density at radius 3 is 2.59 bits per heavy atom. The Morgan fingerprint density at radius 2 is 1.93 bits per heavy atom. The molecule has 0 fully saturated rings. The lowest BCUT2D eigenvalue weighted by Gasteiger charge is -2.28. The average Bonchev–Trinajstić information content (AvgIpc) is 2.71. The Balaban J connectivity index is 1.88. The summed E-state index contributed by atoms with van der Waals surface area (Å²) < 4.78 is 38.1. The number of esters is 1. The van der Waals surface area contributed by atoms with E-state index in [0.717, 1.165) is 0 Å². The van der Waals surface area contributed by atoms with E-state index in [0.29, 0.717) is 28.6 Å². The maximum absolute atomic E-state index is 12.8. The number of fused-ring (bicyclic) bond motifs is 1. The Kier molecular flexibility index (Phi) is 6.33. The second kappa shape index (κ2) is 8.75. The normalized spacial score (nSPS) is 13.6. The molecule has 2 aromatic rings. The van der Waals surface area contributed by atoms with Gasteiger partial charge in [-0.05, 0) is 49.4 Å². The number of carbonyl (C=O) groups is 2. The van der Waals surface area contributed by atoms with Crippen molar-refractivity contribution in [1.82, 2.24) is 0 Å². The Bertz CT molecular complexity index is 1020. The third-order valence-electron chi connectivity index (χ3n) is 4.12. The first-order chi connectivity index (χ1) is 13.8. The average molecular weight is 437 g/mol. The number of ether oxygens (including phenoxy) is 2. The van der Waals surface area contributed by atoms with Crippen LogP contribution in [-0.2, 0) is 24.3 Å². The third kappa shape index (κ3) is 4.83. The van der Waals surface area contributed by atoms with Crippen LogP contribution < -0.4 is 14.4 Å². The molecule has 0 spiro atoms. The van der Waals surface area contributed by atoms with Crippen molar-refractivity contribution in [2.75, 3.05) is 35.6 Å². The third-order valence-corrected chi connectivity index (χ3v) is 6.54. The molecular weight excluding hydrogens is 416 g/mol. The van der Waals surface area contributed by atoms with Gasteiger partial charge in [-0.15, -0.1) is 11.8 Å². The number of amides is 1. The second-order valence-electron chi connectivity index (χ2n) is 6.04. The zero-order valence-corrected chi connectivity index (χ0v) is 17.5. The largest absolute Gasteiger partial charge is 0.494 e. The zero-order valence-electron chi connectivity index (χ0n) is 15.9. The molecule has 10 heteroatoms. The SMILES string of the molecule is CCOc1ccc(NS(=O)(=O)c2ccc3c(c2)N(CC(=O)OC)C(=O)CS3)cc1. The number of benzene rings is 2. The minimum atomic E-state index is -3.90. The van der Waals surface area contributed by atoms with Crippen molar-refractivity contribution in [2.45, 2.75) is 16.7 Å². The molecule has 8 nitrogen and oxygen atoms in total. The van der Waals surface area contributed by atoms with Gasteiger partial charge >= 0.3 is 5.97 Å². The van der Waals surface area contributed by atoms with Gasteiger partial charge in [0.1, 0.15) is 12.3 Å². The van der Waals surface area contributed by atoms with Gasteiger partial charge in [0.15, 0.2) is 0 Å². The van der Waals surface area contributed by atoms with Crippen LogP contribution in [0.2, 0.25) is 0 Å². The highest BCUT2D eigenvalue weighted by molar-refractivity contribution is 8.00. The van der Waals surface area contributed by atoms with E-state index in [9.17, 15) is 18.0 Å². The molecule has 2 aromatic carbocycles. The maximum Gasteiger partial charge on any atom is 0.325 e. The lowest BCUT2D eigenvalue weighted by Crippen LogP contribution is -2.39. The van der Waals surface area contributed by atoms with Gasteiger partial charge in [-0.3, -0.25) is 19.2 Å². The van der Waals surface area contributed by atoms with Crippen molar-refractivity contribution in [3.8, 4) is 5.75 Å². The van der Waals surface area contributed by atoms with E-state index in [-0.39, 0.29) is 23.1 Å². The molecule has 0 saturated carbocycles. The summed E-state index contributed by atoms with van der Waals surface area (Å²) in [6, 6.07) is 11.0. The number of thioether (sulfide) groups is 1. The van der Waals surface area contributed by atoms with Gasteiger partial charge in [0, 0.05) is 10.6 Å². The number of methoxy groups -OCH3 is 1. The number of rotatable bonds is 7. The predicted molar refractivity (Wildman–Crippen MR) is 110 cm³/mol. The highest BCUT2D eigenvalue weighted by Gasteiger charge is 2.28. The first-order valence-electron chi connectivity index (χ1n) is 8.73. The van der Waals surface area contributed by atoms with Crippen molar-refractivity contribution in [3.63, 3.8) is 0 Å². The standard InChI is InChI=1S/C19H20N2O6S2/c1-3-27-14-6-4-13(5-7-14)20-29(24,25)15-8-9-17-16(10-15)21(11-19(23)26-2)18(22)12-28-17/h4-10,20H,3,11-12H2,1-2H3. The molecule has 1 aliphatic rings. The van der Waals surface area contributed by atoms with Crippen LogP contribution in [-0.4, -0.2) is 46.3 Å². The van der Waals surface area contributed by atoms with E-state index < -0.39 is 16.0 Å². The summed E-state index contributed by atoms with van der Waals surface area (Å²) in [5.74, 6) is -0.0716. The predicted octanol–water partition coefficient (Wildman–Crippen LogP) is 2.50. The molecule has 3 rings (SSSR count). The highest BCUT2D eigenvalue weighted by atomic mass is 32.2. The molecule has 1 aliphatic heterocycles. The van der Waals surface area contributed by atoms with Crippen LogP contribution >= 0.6 is 11.8 Å². The number of nitrogens with zero attached hydrogens (tertiary/aromatic N) is 1. The minimum absolute atomic E-state index is 0.0182. The molecule has 1 amide bonds. The fourth-order valence-electron chi connectivity index (χ4n) is 2.72. The second-order valence-corrected chi connectivity index (χ2v) is 8.74. The monoisotopic (exact) mass is 436 g/mol. The number of anilines is 2. The molecule has 0 aliphatic carbocycles. The van der Waals surface area contributed by atoms with Crippen molar-refractivity contribution in [1.29, 1.82) is 0 Å². The molecule has 1 N–H and O–H groups in total. The minimum Gasteiger partial charge on any atom is -0.494 e. The van der Waals surface area contributed by atoms with E-state index in [4.69, 9.17) is 4.74 Å². The summed E-state index contributed by atoms with van der Waals surface area (Å²) in [6.45, 7) is 2.09. The summed E-state index contributed by atoms with van der Waals surface area (Å²) in [6.07, 6.45) is 0. The molecule has 0 atom stereocenters. The van der Waals surface area contributed by atoms with Crippen LogP contribution in [0.15, 0.2) is 52.3 Å². The van der Waals surface area contributed by atoms with E-state index >= 15 is 0 Å². The van der Waals surface area contributed by atoms with E-state index in [1.54, 1.807) is 30.3 Å². The van der Waals surface area contributed by atoms with Gasteiger partial charge in [-0.2, -0.15) is 0 Å². The zero-order chi connectivity index (χ0) is 21.0. The summed E-state index contributed by atoms with van der Waals surface area (Å²) in [5.41, 5.74) is 0.745. The molecule has 0 aromatic heterocycles. The van der Waals surface area contributed by atoms with Crippen LogP contribution in [0.1, 0.15) is 6.92 Å². The molecule has 154 valence electrons. The van der Waals surface area contributed by atoms with Crippen LogP contribution in [0.3, 0.4) is 0 Å². The van der Waals surface area contributed by atoms with Crippen LogP contribution in [0.5, 0.6) is 5.75 Å². The summed E-state index contributed by atoms with van der Waals surface area (Å²) in [5, 5.41) is 0. The topological polar surface area (TPSA) is 102 Å². The molecule has 29 heavy (non-hydrogen) atoms. The summed E-state index contributed by atoms with van der Waals surface area (Å²) in [4.78, 5) is 25.9. The van der Waals surface area contributed by atoms with Gasteiger partial charge in [0.05, 0.1) is 30.1 Å². The van der Waals surface area contributed by atoms with E-state index in [1.165, 1.54) is 35.9 Å². The quantitative estimate of drug-likeness (QED) is 0.665. The Labute approximate surface area is 173 Å². The van der Waals surface area contributed by atoms with Gasteiger partial charge in [-0.1, -0.05) is 0 Å². The molecular formula is C19H20N2O6S2. The summed E-state index contributed by atoms with van der Waals surface area (Å²) in [7, 11) is -2.67. The van der Waals surface area contributed by atoms with E-state index in [2.05, 4.69) is 9.46 Å². The van der Waals surface area contributed by atoms with Crippen LogP contribution in [0, 0.1) is 0 Å². The first-order valence-corrected chi connectivity index (χ1v) is 11.2. The van der Waals surface area contributed by atoms with Gasteiger partial charge < -0.3 is 9.47 Å². The Morgan fingerprint density at radius 1 is 1.21 bits per heavy atom. The number of hydrogen-bond acceptors (Lipinski definition) is 7.